The van der Waals surface area contributed by atoms with E-state index in [1.165, 1.54) is 36.9 Å². The van der Waals surface area contributed by atoms with Crippen molar-refractivity contribution in [3.8, 4) is 0 Å². The lowest BCUT2D eigenvalue weighted by Gasteiger charge is -2.02. The minimum atomic E-state index is -0.558. The van der Waals surface area contributed by atoms with Crippen LogP contribution in [0.2, 0.25) is 0 Å². The molecule has 0 aliphatic heterocycles. The fourth-order valence-electron chi connectivity index (χ4n) is 1.24. The van der Waals surface area contributed by atoms with Crippen LogP contribution in [-0.2, 0) is 0 Å². The minimum Gasteiger partial charge on any atom is -0.288 e. The zero-order valence-electron chi connectivity index (χ0n) is 8.02. The molecule has 2 rings (SSSR count). The fourth-order valence-corrected chi connectivity index (χ4v) is 1.60. The van der Waals surface area contributed by atoms with Crippen molar-refractivity contribution < 1.29 is 9.18 Å². The molecule has 0 bridgehead atoms. The molecule has 1 heterocycles. The zero-order valence-corrected chi connectivity index (χ0v) is 9.61. The molecule has 1 aromatic carbocycles. The summed E-state index contributed by atoms with van der Waals surface area (Å²) in [4.78, 5) is 19.3. The van der Waals surface area contributed by atoms with Gasteiger partial charge in [-0.1, -0.05) is 15.9 Å². The second-order valence-corrected chi connectivity index (χ2v) is 4.00. The maximum atomic E-state index is 13.4. The molecule has 3 nitrogen and oxygen atoms in total. The molecule has 0 aliphatic rings. The fraction of sp³-hybridized carbons (Fsp3) is 0. The predicted octanol–water partition coefficient (Wildman–Crippen LogP) is 2.61. The van der Waals surface area contributed by atoms with Crippen molar-refractivity contribution in [3.05, 3.63) is 58.3 Å². The van der Waals surface area contributed by atoms with Crippen LogP contribution in [0.15, 0.2) is 41.4 Å². The van der Waals surface area contributed by atoms with Crippen LogP contribution in [0, 0.1) is 5.82 Å². The van der Waals surface area contributed by atoms with Crippen molar-refractivity contribution in [1.82, 2.24) is 9.97 Å². The molecule has 0 atom stereocenters. The molecule has 5 heteroatoms. The van der Waals surface area contributed by atoms with E-state index in [0.29, 0.717) is 4.47 Å². The van der Waals surface area contributed by atoms with E-state index in [-0.39, 0.29) is 11.1 Å². The van der Waals surface area contributed by atoms with Crippen LogP contribution in [0.1, 0.15) is 15.9 Å². The Labute approximate surface area is 99.5 Å². The van der Waals surface area contributed by atoms with E-state index in [9.17, 15) is 9.18 Å². The Bertz CT molecular complexity index is 531. The molecular weight excluding hydrogens is 275 g/mol. The summed E-state index contributed by atoms with van der Waals surface area (Å²) in [5, 5.41) is 0. The molecule has 0 amide bonds. The monoisotopic (exact) mass is 280 g/mol. The zero-order chi connectivity index (χ0) is 11.5. The maximum absolute atomic E-state index is 13.4. The summed E-state index contributed by atoms with van der Waals surface area (Å²) in [7, 11) is 0. The number of carbonyl (C=O) groups is 1. The first-order valence-electron chi connectivity index (χ1n) is 4.43. The highest BCUT2D eigenvalue weighted by Gasteiger charge is 2.14. The van der Waals surface area contributed by atoms with Crippen molar-refractivity contribution in [1.29, 1.82) is 0 Å². The molecule has 0 unspecified atom stereocenters. The SMILES string of the molecule is O=C(c1cncnc1)c1cc(Br)ccc1F. The van der Waals surface area contributed by atoms with Crippen LogP contribution >= 0.6 is 15.9 Å². The Hall–Kier alpha value is -1.62. The minimum absolute atomic E-state index is 0.00387. The highest BCUT2D eigenvalue weighted by molar-refractivity contribution is 9.10. The van der Waals surface area contributed by atoms with Crippen LogP contribution in [-0.4, -0.2) is 15.8 Å². The lowest BCUT2D eigenvalue weighted by molar-refractivity contribution is 0.103. The van der Waals surface area contributed by atoms with Gasteiger partial charge >= 0.3 is 0 Å². The molecule has 0 N–H and O–H groups in total. The number of halogens is 2. The van der Waals surface area contributed by atoms with Gasteiger partial charge in [0.1, 0.15) is 12.1 Å². The lowest BCUT2D eigenvalue weighted by Crippen LogP contribution is -2.05. The molecule has 1 aromatic heterocycles. The second kappa shape index (κ2) is 4.49. The second-order valence-electron chi connectivity index (χ2n) is 3.08. The molecular formula is C11H6BrFN2O. The first-order valence-corrected chi connectivity index (χ1v) is 5.22. The molecule has 0 aliphatic carbocycles. The Morgan fingerprint density at radius 3 is 2.62 bits per heavy atom. The number of benzene rings is 1. The van der Waals surface area contributed by atoms with E-state index in [4.69, 9.17) is 0 Å². The quantitative estimate of drug-likeness (QED) is 0.795. The van der Waals surface area contributed by atoms with Crippen LogP contribution < -0.4 is 0 Å². The smallest absolute Gasteiger partial charge is 0.199 e. The molecule has 0 spiro atoms. The predicted molar refractivity (Wildman–Crippen MR) is 59.6 cm³/mol. The number of nitrogens with zero attached hydrogens (tertiary/aromatic N) is 2. The van der Waals surface area contributed by atoms with Crippen LogP contribution in [0.4, 0.5) is 4.39 Å². The van der Waals surface area contributed by atoms with Crippen molar-refractivity contribution in [2.24, 2.45) is 0 Å². The molecule has 2 aromatic rings. The van der Waals surface area contributed by atoms with Crippen molar-refractivity contribution in [2.45, 2.75) is 0 Å². The van der Waals surface area contributed by atoms with Gasteiger partial charge in [0.2, 0.25) is 0 Å². The summed E-state index contributed by atoms with van der Waals surface area (Å²) < 4.78 is 14.1. The molecule has 0 saturated heterocycles. The van der Waals surface area contributed by atoms with Crippen molar-refractivity contribution in [3.63, 3.8) is 0 Å². The Morgan fingerprint density at radius 1 is 1.25 bits per heavy atom. The topological polar surface area (TPSA) is 42.9 Å². The maximum Gasteiger partial charge on any atom is 0.199 e. The highest BCUT2D eigenvalue weighted by atomic mass is 79.9. The van der Waals surface area contributed by atoms with E-state index in [0.717, 1.165) is 0 Å². The summed E-state index contributed by atoms with van der Waals surface area (Å²) in [5.41, 5.74) is 0.267. The molecule has 0 fully saturated rings. The first-order chi connectivity index (χ1) is 7.68. The van der Waals surface area contributed by atoms with Gasteiger partial charge in [0, 0.05) is 16.9 Å². The van der Waals surface area contributed by atoms with Gasteiger partial charge in [0.25, 0.3) is 0 Å². The van der Waals surface area contributed by atoms with E-state index >= 15 is 0 Å². The van der Waals surface area contributed by atoms with Crippen LogP contribution in [0.25, 0.3) is 0 Å². The Morgan fingerprint density at radius 2 is 1.94 bits per heavy atom. The van der Waals surface area contributed by atoms with E-state index in [2.05, 4.69) is 25.9 Å². The van der Waals surface area contributed by atoms with E-state index < -0.39 is 11.6 Å². The molecule has 16 heavy (non-hydrogen) atoms. The summed E-state index contributed by atoms with van der Waals surface area (Å²) >= 11 is 3.19. The van der Waals surface area contributed by atoms with Gasteiger partial charge in [-0.15, -0.1) is 0 Å². The number of ketones is 1. The lowest BCUT2D eigenvalue weighted by atomic mass is 10.1. The average Bonchev–Trinajstić information content (AvgIpc) is 2.32. The van der Waals surface area contributed by atoms with Gasteiger partial charge in [-0.2, -0.15) is 0 Å². The number of aromatic nitrogens is 2. The summed E-state index contributed by atoms with van der Waals surface area (Å²) in [6, 6.07) is 4.21. The summed E-state index contributed by atoms with van der Waals surface area (Å²) in [6.45, 7) is 0. The van der Waals surface area contributed by atoms with Gasteiger partial charge in [-0.25, -0.2) is 14.4 Å². The average molecular weight is 281 g/mol. The van der Waals surface area contributed by atoms with E-state index in [1.54, 1.807) is 0 Å². The largest absolute Gasteiger partial charge is 0.288 e. The van der Waals surface area contributed by atoms with Gasteiger partial charge in [-0.05, 0) is 18.2 Å². The number of hydrogen-bond donors (Lipinski definition) is 0. The Kier molecular flexibility index (Phi) is 3.05. The highest BCUT2D eigenvalue weighted by Crippen LogP contribution is 2.18. The summed E-state index contributed by atoms with van der Waals surface area (Å²) in [5.74, 6) is -0.989. The van der Waals surface area contributed by atoms with Crippen LogP contribution in [0.5, 0.6) is 0 Å². The standard InChI is InChI=1S/C11H6BrFN2O/c12-8-1-2-10(13)9(3-8)11(16)7-4-14-6-15-5-7/h1-6H. The van der Waals surface area contributed by atoms with Gasteiger partial charge in [0.15, 0.2) is 5.78 Å². The molecule has 80 valence electrons. The van der Waals surface area contributed by atoms with Crippen LogP contribution in [0.3, 0.4) is 0 Å². The van der Waals surface area contributed by atoms with Gasteiger partial charge in [0.05, 0.1) is 11.1 Å². The van der Waals surface area contributed by atoms with Gasteiger partial charge in [-0.3, -0.25) is 4.79 Å². The summed E-state index contributed by atoms with van der Waals surface area (Å²) in [6.07, 6.45) is 4.03. The third-order valence-corrected chi connectivity index (χ3v) is 2.49. The van der Waals surface area contributed by atoms with Crippen molar-refractivity contribution in [2.75, 3.05) is 0 Å². The third-order valence-electron chi connectivity index (χ3n) is 2.00. The van der Waals surface area contributed by atoms with Crippen molar-refractivity contribution >= 4 is 21.7 Å². The molecule has 0 saturated carbocycles. The number of rotatable bonds is 2. The third kappa shape index (κ3) is 2.14. The Balaban J connectivity index is 2.46. The first kappa shape index (κ1) is 10.9. The van der Waals surface area contributed by atoms with Gasteiger partial charge < -0.3 is 0 Å². The number of hydrogen-bond acceptors (Lipinski definition) is 3. The molecule has 0 radical (unpaired) electrons. The normalized spacial score (nSPS) is 10.1. The van der Waals surface area contributed by atoms with E-state index in [1.807, 2.05) is 0 Å². The number of carbonyl (C=O) groups excluding carboxylic acids is 1.